The third-order valence-corrected chi connectivity index (χ3v) is 2.85. The van der Waals surface area contributed by atoms with Crippen molar-refractivity contribution in [1.82, 2.24) is 15.1 Å². The molecular weight excluding hydrogens is 242 g/mol. The number of hydrogen-bond acceptors (Lipinski definition) is 3. The van der Waals surface area contributed by atoms with Crippen molar-refractivity contribution < 1.29 is 9.53 Å². The fraction of sp³-hybridized carbons (Fsp3) is 0.636. The summed E-state index contributed by atoms with van der Waals surface area (Å²) < 4.78 is 5.32. The van der Waals surface area contributed by atoms with Crippen LogP contribution in [0.5, 0.6) is 0 Å². The van der Waals surface area contributed by atoms with Gasteiger partial charge < -0.3 is 9.64 Å². The minimum absolute atomic E-state index is 0.305. The summed E-state index contributed by atoms with van der Waals surface area (Å²) >= 11 is 5.94. The average Bonchev–Trinajstić information content (AvgIpc) is 2.57. The van der Waals surface area contributed by atoms with Crippen molar-refractivity contribution in [3.05, 3.63) is 16.4 Å². The van der Waals surface area contributed by atoms with E-state index in [9.17, 15) is 4.79 Å². The van der Waals surface area contributed by atoms with E-state index in [1.54, 1.807) is 4.90 Å². The first-order chi connectivity index (χ1) is 7.87. The first kappa shape index (κ1) is 12.2. The summed E-state index contributed by atoms with van der Waals surface area (Å²) in [7, 11) is 0. The molecule has 5 nitrogen and oxygen atoms in total. The van der Waals surface area contributed by atoms with E-state index in [2.05, 4.69) is 10.2 Å². The van der Waals surface area contributed by atoms with Crippen LogP contribution in [0, 0.1) is 0 Å². The summed E-state index contributed by atoms with van der Waals surface area (Å²) in [5.74, 6) is 0. The molecule has 1 aromatic heterocycles. The highest BCUT2D eigenvalue weighted by Gasteiger charge is 2.27. The summed E-state index contributed by atoms with van der Waals surface area (Å²) in [5.41, 5.74) is 1.43. The van der Waals surface area contributed by atoms with Crippen LogP contribution in [-0.2, 0) is 17.7 Å². The molecule has 6 heteroatoms. The molecule has 0 spiro atoms. The van der Waals surface area contributed by atoms with E-state index in [4.69, 9.17) is 16.3 Å². The van der Waals surface area contributed by atoms with Crippen LogP contribution in [0.2, 0.25) is 5.15 Å². The van der Waals surface area contributed by atoms with Gasteiger partial charge in [0.05, 0.1) is 6.54 Å². The summed E-state index contributed by atoms with van der Waals surface area (Å²) in [6.07, 6.45) is 0.425. The Balaban J connectivity index is 2.07. The second-order valence-corrected chi connectivity index (χ2v) is 5.48. The van der Waals surface area contributed by atoms with Gasteiger partial charge in [0.15, 0.2) is 5.15 Å². The summed E-state index contributed by atoms with van der Waals surface area (Å²) in [6.45, 7) is 6.64. The molecule has 0 radical (unpaired) electrons. The van der Waals surface area contributed by atoms with Crippen LogP contribution >= 0.6 is 11.6 Å². The molecule has 0 bridgehead atoms. The van der Waals surface area contributed by atoms with Crippen molar-refractivity contribution >= 4 is 17.7 Å². The largest absolute Gasteiger partial charge is 0.444 e. The lowest BCUT2D eigenvalue weighted by atomic mass is 10.1. The minimum Gasteiger partial charge on any atom is -0.444 e. The van der Waals surface area contributed by atoms with Crippen LogP contribution < -0.4 is 0 Å². The zero-order valence-corrected chi connectivity index (χ0v) is 11.0. The second kappa shape index (κ2) is 4.22. The third kappa shape index (κ3) is 2.72. The van der Waals surface area contributed by atoms with E-state index < -0.39 is 5.60 Å². The maximum atomic E-state index is 11.9. The first-order valence-corrected chi connectivity index (χ1v) is 5.94. The molecule has 0 aliphatic carbocycles. The highest BCUT2D eigenvalue weighted by molar-refractivity contribution is 6.30. The van der Waals surface area contributed by atoms with Gasteiger partial charge in [-0.1, -0.05) is 11.6 Å². The number of carbonyl (C=O) groups is 1. The maximum absolute atomic E-state index is 11.9. The average molecular weight is 258 g/mol. The highest BCUT2D eigenvalue weighted by atomic mass is 35.5. The smallest absolute Gasteiger partial charge is 0.410 e. The van der Waals surface area contributed by atoms with Crippen LogP contribution in [0.15, 0.2) is 0 Å². The number of aromatic nitrogens is 2. The SMILES string of the molecule is CC(C)(C)OC(=O)N1CCc2[nH]nc(Cl)c2C1. The quantitative estimate of drug-likeness (QED) is 0.776. The number of fused-ring (bicyclic) bond motifs is 1. The summed E-state index contributed by atoms with van der Waals surface area (Å²) in [6, 6.07) is 0. The fourth-order valence-corrected chi connectivity index (χ4v) is 1.96. The molecule has 1 aromatic rings. The van der Waals surface area contributed by atoms with Crippen molar-refractivity contribution in [2.24, 2.45) is 0 Å². The van der Waals surface area contributed by atoms with Crippen molar-refractivity contribution in [3.8, 4) is 0 Å². The van der Waals surface area contributed by atoms with Gasteiger partial charge >= 0.3 is 6.09 Å². The van der Waals surface area contributed by atoms with Gasteiger partial charge in [-0.05, 0) is 20.8 Å². The molecule has 1 aliphatic rings. The molecule has 0 saturated heterocycles. The number of amides is 1. The lowest BCUT2D eigenvalue weighted by Gasteiger charge is -2.29. The fourth-order valence-electron chi connectivity index (χ4n) is 1.74. The van der Waals surface area contributed by atoms with Gasteiger partial charge in [0, 0.05) is 24.2 Å². The number of nitrogens with zero attached hydrogens (tertiary/aromatic N) is 2. The molecule has 0 unspecified atom stereocenters. The topological polar surface area (TPSA) is 58.2 Å². The predicted molar refractivity (Wildman–Crippen MR) is 63.9 cm³/mol. The molecule has 2 rings (SSSR count). The number of nitrogens with one attached hydrogen (secondary N) is 1. The van der Waals surface area contributed by atoms with Crippen LogP contribution in [0.4, 0.5) is 4.79 Å². The zero-order chi connectivity index (χ0) is 12.6. The van der Waals surface area contributed by atoms with E-state index in [1.165, 1.54) is 0 Å². The van der Waals surface area contributed by atoms with Gasteiger partial charge in [0.2, 0.25) is 0 Å². The Labute approximate surface area is 105 Å². The maximum Gasteiger partial charge on any atom is 0.410 e. The number of H-pyrrole nitrogens is 1. The van der Waals surface area contributed by atoms with Crippen LogP contribution in [0.25, 0.3) is 0 Å². The number of halogens is 1. The molecule has 0 aromatic carbocycles. The first-order valence-electron chi connectivity index (χ1n) is 5.56. The van der Waals surface area contributed by atoms with Crippen LogP contribution in [-0.4, -0.2) is 33.3 Å². The Morgan fingerprint density at radius 3 is 2.88 bits per heavy atom. The molecule has 1 amide bonds. The zero-order valence-electron chi connectivity index (χ0n) is 10.2. The predicted octanol–water partition coefficient (Wildman–Crippen LogP) is 2.36. The Morgan fingerprint density at radius 1 is 1.53 bits per heavy atom. The number of aromatic amines is 1. The van der Waals surface area contributed by atoms with Crippen LogP contribution in [0.1, 0.15) is 32.0 Å². The highest BCUT2D eigenvalue weighted by Crippen LogP contribution is 2.24. The monoisotopic (exact) mass is 257 g/mol. The van der Waals surface area contributed by atoms with E-state index >= 15 is 0 Å². The molecule has 2 heterocycles. The Morgan fingerprint density at radius 2 is 2.24 bits per heavy atom. The normalized spacial score (nSPS) is 15.6. The summed E-state index contributed by atoms with van der Waals surface area (Å²) in [5, 5.41) is 7.24. The second-order valence-electron chi connectivity index (χ2n) is 5.12. The summed E-state index contributed by atoms with van der Waals surface area (Å²) in [4.78, 5) is 13.5. The number of hydrogen-bond donors (Lipinski definition) is 1. The van der Waals surface area contributed by atoms with Crippen LogP contribution in [0.3, 0.4) is 0 Å². The van der Waals surface area contributed by atoms with Gasteiger partial charge in [-0.3, -0.25) is 5.10 Å². The van der Waals surface area contributed by atoms with Crippen molar-refractivity contribution in [2.75, 3.05) is 6.54 Å². The lowest BCUT2D eigenvalue weighted by molar-refractivity contribution is 0.0223. The van der Waals surface area contributed by atoms with E-state index in [0.29, 0.717) is 18.2 Å². The third-order valence-electron chi connectivity index (χ3n) is 2.53. The molecule has 17 heavy (non-hydrogen) atoms. The number of rotatable bonds is 0. The van der Waals surface area contributed by atoms with Gasteiger partial charge in [-0.25, -0.2) is 4.79 Å². The molecule has 0 atom stereocenters. The van der Waals surface area contributed by atoms with Crippen molar-refractivity contribution in [1.29, 1.82) is 0 Å². The number of carbonyl (C=O) groups excluding carboxylic acids is 1. The molecular formula is C11H16ClN3O2. The Hall–Kier alpha value is -1.23. The Kier molecular flexibility index (Phi) is 3.03. The molecule has 1 aliphatic heterocycles. The standard InChI is InChI=1S/C11H16ClN3O2/c1-11(2,3)17-10(16)15-5-4-8-7(6-15)9(12)14-13-8/h4-6H2,1-3H3,(H,13,14). The lowest BCUT2D eigenvalue weighted by Crippen LogP contribution is -2.39. The molecule has 1 N–H and O–H groups in total. The number of ether oxygens (including phenoxy) is 1. The van der Waals surface area contributed by atoms with Gasteiger partial charge in [0.25, 0.3) is 0 Å². The Bertz CT molecular complexity index is 436. The van der Waals surface area contributed by atoms with Gasteiger partial charge in [0.1, 0.15) is 5.60 Å². The molecule has 0 fully saturated rings. The molecule has 0 saturated carbocycles. The molecule has 94 valence electrons. The van der Waals surface area contributed by atoms with Crippen molar-refractivity contribution in [2.45, 2.75) is 39.3 Å². The van der Waals surface area contributed by atoms with E-state index in [0.717, 1.165) is 17.7 Å². The van der Waals surface area contributed by atoms with E-state index in [1.807, 2.05) is 20.8 Å². The van der Waals surface area contributed by atoms with Crippen molar-refractivity contribution in [3.63, 3.8) is 0 Å². The van der Waals surface area contributed by atoms with Gasteiger partial charge in [-0.15, -0.1) is 0 Å². The minimum atomic E-state index is -0.475. The van der Waals surface area contributed by atoms with E-state index in [-0.39, 0.29) is 6.09 Å². The van der Waals surface area contributed by atoms with Gasteiger partial charge in [-0.2, -0.15) is 5.10 Å².